The normalized spacial score (nSPS) is 13.8. The molecule has 1 saturated heterocycles. The summed E-state index contributed by atoms with van der Waals surface area (Å²) in [5.74, 6) is 2.11. The van der Waals surface area contributed by atoms with E-state index in [1.54, 1.807) is 20.4 Å². The van der Waals surface area contributed by atoms with Gasteiger partial charge in [-0.15, -0.1) is 0 Å². The molecule has 8 heteroatoms. The van der Waals surface area contributed by atoms with Crippen LogP contribution < -0.4 is 25.0 Å². The Labute approximate surface area is 158 Å². The molecule has 2 heterocycles. The minimum absolute atomic E-state index is 0.311. The number of methoxy groups -OCH3 is 2. The molecule has 0 atom stereocenters. The van der Waals surface area contributed by atoms with Crippen molar-refractivity contribution in [2.75, 3.05) is 50.7 Å². The van der Waals surface area contributed by atoms with Crippen LogP contribution in [0.25, 0.3) is 0 Å². The van der Waals surface area contributed by atoms with Crippen LogP contribution in [0.4, 0.5) is 16.3 Å². The molecule has 0 bridgehead atoms. The Bertz CT molecular complexity index is 761. The second kappa shape index (κ2) is 9.09. The van der Waals surface area contributed by atoms with Crippen LogP contribution in [0.2, 0.25) is 0 Å². The van der Waals surface area contributed by atoms with Crippen molar-refractivity contribution in [3.63, 3.8) is 0 Å². The third-order valence-electron chi connectivity index (χ3n) is 4.26. The molecular weight excluding hydrogens is 348 g/mol. The van der Waals surface area contributed by atoms with Gasteiger partial charge in [0.15, 0.2) is 11.5 Å². The number of carbonyl (C=O) groups is 1. The summed E-state index contributed by atoms with van der Waals surface area (Å²) in [6, 6.07) is 8.95. The molecule has 0 aliphatic carbocycles. The van der Waals surface area contributed by atoms with Crippen LogP contribution in [0.3, 0.4) is 0 Å². The van der Waals surface area contributed by atoms with Crippen LogP contribution in [0.5, 0.6) is 11.5 Å². The number of hydrogen-bond donors (Lipinski definition) is 2. The summed E-state index contributed by atoms with van der Waals surface area (Å²) in [5, 5.41) is 5.59. The molecule has 1 aromatic carbocycles. The first-order valence-corrected chi connectivity index (χ1v) is 8.74. The third kappa shape index (κ3) is 4.79. The highest BCUT2D eigenvalue weighted by molar-refractivity contribution is 5.89. The number of hydrogen-bond acceptors (Lipinski definition) is 6. The van der Waals surface area contributed by atoms with Gasteiger partial charge in [-0.05, 0) is 18.2 Å². The number of ether oxygens (including phenoxy) is 3. The molecule has 1 aliphatic rings. The first kappa shape index (κ1) is 18.8. The Morgan fingerprint density at radius 2 is 2.00 bits per heavy atom. The fraction of sp³-hybridized carbons (Fsp3) is 0.368. The Kier molecular flexibility index (Phi) is 6.32. The average molecular weight is 372 g/mol. The smallest absolute Gasteiger partial charge is 0.319 e. The minimum atomic E-state index is -0.319. The van der Waals surface area contributed by atoms with Crippen LogP contribution >= 0.6 is 0 Å². The lowest BCUT2D eigenvalue weighted by molar-refractivity contribution is 0.122. The van der Waals surface area contributed by atoms with E-state index >= 15 is 0 Å². The zero-order chi connectivity index (χ0) is 19.1. The molecule has 0 spiro atoms. The molecule has 3 rings (SSSR count). The quantitative estimate of drug-likeness (QED) is 0.809. The van der Waals surface area contributed by atoms with E-state index in [1.165, 1.54) is 0 Å². The maximum Gasteiger partial charge on any atom is 0.319 e. The summed E-state index contributed by atoms with van der Waals surface area (Å²) < 4.78 is 16.0. The third-order valence-corrected chi connectivity index (χ3v) is 4.26. The summed E-state index contributed by atoms with van der Waals surface area (Å²) in [7, 11) is 3.15. The van der Waals surface area contributed by atoms with Crippen molar-refractivity contribution < 1.29 is 19.0 Å². The number of amides is 2. The fourth-order valence-corrected chi connectivity index (χ4v) is 2.88. The Balaban J connectivity index is 1.55. The number of carbonyl (C=O) groups excluding carboxylic acids is 1. The molecule has 1 aliphatic heterocycles. The predicted molar refractivity (Wildman–Crippen MR) is 103 cm³/mol. The van der Waals surface area contributed by atoms with Crippen molar-refractivity contribution >= 4 is 17.5 Å². The van der Waals surface area contributed by atoms with Gasteiger partial charge in [-0.1, -0.05) is 12.1 Å². The monoisotopic (exact) mass is 372 g/mol. The summed E-state index contributed by atoms with van der Waals surface area (Å²) in [6.45, 7) is 3.37. The lowest BCUT2D eigenvalue weighted by atomic mass is 10.2. The van der Waals surface area contributed by atoms with Crippen molar-refractivity contribution in [3.05, 3.63) is 42.1 Å². The van der Waals surface area contributed by atoms with E-state index in [2.05, 4.69) is 20.5 Å². The average Bonchev–Trinajstić information content (AvgIpc) is 2.73. The highest BCUT2D eigenvalue weighted by Crippen LogP contribution is 2.30. The number of urea groups is 1. The molecular formula is C19H24N4O4. The van der Waals surface area contributed by atoms with Gasteiger partial charge in [0.2, 0.25) is 0 Å². The van der Waals surface area contributed by atoms with Crippen molar-refractivity contribution in [3.8, 4) is 11.5 Å². The van der Waals surface area contributed by atoms with Gasteiger partial charge in [-0.25, -0.2) is 9.78 Å². The van der Waals surface area contributed by atoms with E-state index in [-0.39, 0.29) is 6.03 Å². The van der Waals surface area contributed by atoms with Gasteiger partial charge in [0, 0.05) is 25.2 Å². The van der Waals surface area contributed by atoms with Gasteiger partial charge in [-0.3, -0.25) is 0 Å². The molecule has 27 heavy (non-hydrogen) atoms. The van der Waals surface area contributed by atoms with Crippen LogP contribution in [-0.4, -0.2) is 51.5 Å². The van der Waals surface area contributed by atoms with Crippen LogP contribution in [0.15, 0.2) is 36.5 Å². The van der Waals surface area contributed by atoms with Crippen LogP contribution in [0.1, 0.15) is 5.56 Å². The molecule has 2 amide bonds. The van der Waals surface area contributed by atoms with Crippen molar-refractivity contribution in [2.45, 2.75) is 6.54 Å². The number of nitrogens with zero attached hydrogens (tertiary/aromatic N) is 2. The maximum atomic E-state index is 12.2. The fourth-order valence-electron chi connectivity index (χ4n) is 2.88. The molecule has 0 radical (unpaired) electrons. The Morgan fingerprint density at radius 3 is 2.67 bits per heavy atom. The zero-order valence-electron chi connectivity index (χ0n) is 15.5. The number of anilines is 2. The van der Waals surface area contributed by atoms with Crippen LogP contribution in [0, 0.1) is 0 Å². The van der Waals surface area contributed by atoms with E-state index in [1.807, 2.05) is 30.3 Å². The molecule has 1 aromatic heterocycles. The number of aromatic nitrogens is 1. The largest absolute Gasteiger partial charge is 0.493 e. The number of para-hydroxylation sites is 1. The molecule has 2 N–H and O–H groups in total. The topological polar surface area (TPSA) is 85.0 Å². The second-order valence-electron chi connectivity index (χ2n) is 5.96. The van der Waals surface area contributed by atoms with E-state index < -0.39 is 0 Å². The van der Waals surface area contributed by atoms with Crippen molar-refractivity contribution in [1.29, 1.82) is 0 Å². The lowest BCUT2D eigenvalue weighted by Gasteiger charge is -2.27. The number of rotatable bonds is 6. The zero-order valence-corrected chi connectivity index (χ0v) is 15.5. The highest BCUT2D eigenvalue weighted by Gasteiger charge is 2.13. The summed E-state index contributed by atoms with van der Waals surface area (Å²) in [5.41, 5.74) is 1.45. The van der Waals surface area contributed by atoms with E-state index in [0.29, 0.717) is 36.9 Å². The number of benzene rings is 1. The second-order valence-corrected chi connectivity index (χ2v) is 5.96. The lowest BCUT2D eigenvalue weighted by Crippen LogP contribution is -2.36. The van der Waals surface area contributed by atoms with E-state index in [0.717, 1.165) is 24.5 Å². The summed E-state index contributed by atoms with van der Waals surface area (Å²) in [6.07, 6.45) is 1.65. The SMILES string of the molecule is COc1cccc(CNC(=O)Nc2ccc(N3CCOCC3)nc2)c1OC. The van der Waals surface area contributed by atoms with Gasteiger partial charge < -0.3 is 29.7 Å². The molecule has 0 unspecified atom stereocenters. The van der Waals surface area contributed by atoms with Crippen LogP contribution in [-0.2, 0) is 11.3 Å². The molecule has 144 valence electrons. The summed E-state index contributed by atoms with van der Waals surface area (Å²) >= 11 is 0. The molecule has 2 aromatic rings. The number of pyridine rings is 1. The Morgan fingerprint density at radius 1 is 1.19 bits per heavy atom. The van der Waals surface area contributed by atoms with Crippen molar-refractivity contribution in [1.82, 2.24) is 10.3 Å². The van der Waals surface area contributed by atoms with E-state index in [4.69, 9.17) is 14.2 Å². The first-order chi connectivity index (χ1) is 13.2. The predicted octanol–water partition coefficient (Wildman–Crippen LogP) is 2.26. The van der Waals surface area contributed by atoms with Gasteiger partial charge in [0.1, 0.15) is 5.82 Å². The maximum absolute atomic E-state index is 12.2. The van der Waals surface area contributed by atoms with Gasteiger partial charge in [0.25, 0.3) is 0 Å². The number of nitrogens with one attached hydrogen (secondary N) is 2. The highest BCUT2D eigenvalue weighted by atomic mass is 16.5. The van der Waals surface area contributed by atoms with Gasteiger partial charge in [-0.2, -0.15) is 0 Å². The van der Waals surface area contributed by atoms with Gasteiger partial charge in [0.05, 0.1) is 39.3 Å². The minimum Gasteiger partial charge on any atom is -0.493 e. The van der Waals surface area contributed by atoms with Gasteiger partial charge >= 0.3 is 6.03 Å². The van der Waals surface area contributed by atoms with E-state index in [9.17, 15) is 4.79 Å². The number of morpholine rings is 1. The molecule has 8 nitrogen and oxygen atoms in total. The molecule has 0 saturated carbocycles. The first-order valence-electron chi connectivity index (χ1n) is 8.74. The standard InChI is InChI=1S/C19H24N4O4/c1-25-16-5-3-4-14(18(16)26-2)12-21-19(24)22-15-6-7-17(20-13-15)23-8-10-27-11-9-23/h3-7,13H,8-12H2,1-2H3,(H2,21,22,24). The Hall–Kier alpha value is -3.00. The van der Waals surface area contributed by atoms with Crippen molar-refractivity contribution in [2.24, 2.45) is 0 Å². The summed E-state index contributed by atoms with van der Waals surface area (Å²) in [4.78, 5) is 18.7. The molecule has 1 fully saturated rings.